The number of halogens is 1. The van der Waals surface area contributed by atoms with Crippen LogP contribution in [0.5, 0.6) is 23.0 Å². The minimum absolute atomic E-state index is 0.137. The van der Waals surface area contributed by atoms with Gasteiger partial charge in [-0.15, -0.1) is 0 Å². The number of urea groups is 1. The number of carbonyl (C=O) groups is 1. The Kier molecular flexibility index (Phi) is 10.5. The molecule has 2 amide bonds. The first-order chi connectivity index (χ1) is 19.7. The molecule has 9 nitrogen and oxygen atoms in total. The molecular weight excluding hydrogens is 544 g/mol. The molecule has 1 saturated heterocycles. The highest BCUT2D eigenvalue weighted by atomic mass is 35.5. The van der Waals surface area contributed by atoms with E-state index < -0.39 is 0 Å². The van der Waals surface area contributed by atoms with Gasteiger partial charge < -0.3 is 30.0 Å². The van der Waals surface area contributed by atoms with Crippen LogP contribution in [0, 0.1) is 5.41 Å². The Morgan fingerprint density at radius 2 is 2.00 bits per heavy atom. The molecule has 0 aliphatic carbocycles. The van der Waals surface area contributed by atoms with Crippen molar-refractivity contribution >= 4 is 34.2 Å². The average molecular weight is 585 g/mol. The summed E-state index contributed by atoms with van der Waals surface area (Å²) in [5.74, 6) is 2.30. The molecule has 2 heterocycles. The van der Waals surface area contributed by atoms with Crippen LogP contribution in [0.25, 0.3) is 10.9 Å². The molecule has 0 spiro atoms. The molecule has 10 heteroatoms. The lowest BCUT2D eigenvalue weighted by atomic mass is 9.92. The minimum atomic E-state index is -0.305. The number of benzene rings is 2. The fourth-order valence-electron chi connectivity index (χ4n) is 4.84. The summed E-state index contributed by atoms with van der Waals surface area (Å²) in [6.45, 7) is 9.60. The predicted octanol–water partition coefficient (Wildman–Crippen LogP) is 6.47. The second-order valence-corrected chi connectivity index (χ2v) is 11.9. The monoisotopic (exact) mass is 584 g/mol. The van der Waals surface area contributed by atoms with Crippen LogP contribution in [0.3, 0.4) is 0 Å². The molecule has 3 aromatic rings. The third kappa shape index (κ3) is 8.61. The Morgan fingerprint density at radius 1 is 1.17 bits per heavy atom. The van der Waals surface area contributed by atoms with Crippen LogP contribution in [0.4, 0.5) is 10.5 Å². The van der Waals surface area contributed by atoms with E-state index in [-0.39, 0.29) is 24.1 Å². The van der Waals surface area contributed by atoms with Crippen LogP contribution < -0.4 is 24.8 Å². The van der Waals surface area contributed by atoms with Crippen LogP contribution in [-0.2, 0) is 0 Å². The first-order valence-electron chi connectivity index (χ1n) is 14.1. The van der Waals surface area contributed by atoms with Crippen LogP contribution in [-0.4, -0.2) is 67.0 Å². The Morgan fingerprint density at radius 3 is 2.73 bits per heavy atom. The smallest absolute Gasteiger partial charge is 0.319 e. The maximum atomic E-state index is 12.3. The van der Waals surface area contributed by atoms with Crippen molar-refractivity contribution in [2.45, 2.75) is 52.5 Å². The maximum absolute atomic E-state index is 12.3. The normalized spacial score (nSPS) is 15.6. The number of hydrogen-bond donors (Lipinski definition) is 3. The molecule has 1 aromatic heterocycles. The average Bonchev–Trinajstić information content (AvgIpc) is 3.39. The van der Waals surface area contributed by atoms with Crippen molar-refractivity contribution < 1.29 is 24.1 Å². The number of aromatic nitrogens is 1. The lowest BCUT2D eigenvalue weighted by molar-refractivity contribution is 0.150. The second-order valence-electron chi connectivity index (χ2n) is 11.5. The van der Waals surface area contributed by atoms with Crippen molar-refractivity contribution in [1.82, 2.24) is 15.2 Å². The van der Waals surface area contributed by atoms with Gasteiger partial charge >= 0.3 is 6.03 Å². The summed E-state index contributed by atoms with van der Waals surface area (Å²) >= 11 is 6.46. The van der Waals surface area contributed by atoms with Gasteiger partial charge in [-0.3, -0.25) is 9.88 Å². The van der Waals surface area contributed by atoms with E-state index in [0.717, 1.165) is 44.2 Å². The molecule has 41 heavy (non-hydrogen) atoms. The zero-order valence-corrected chi connectivity index (χ0v) is 25.1. The van der Waals surface area contributed by atoms with E-state index in [2.05, 4.69) is 41.3 Å². The van der Waals surface area contributed by atoms with Crippen LogP contribution in [0.15, 0.2) is 42.6 Å². The summed E-state index contributed by atoms with van der Waals surface area (Å²) < 4.78 is 17.9. The number of nitrogens with zero attached hydrogens (tertiary/aromatic N) is 2. The Hall–Kier alpha value is -3.27. The van der Waals surface area contributed by atoms with Crippen LogP contribution in [0.1, 0.15) is 46.5 Å². The standard InChI is InChI=1S/C31H41ClN4O5/c1-31(2,3)11-13-34-30(38)35-25-9-8-22(17-24(25)32)41-27-10-12-33-26-19-29(28(39-4)18-23(26)27)40-16-6-15-36-14-5-7-21(36)20-37/h8-10,12,17-19,21,37H,5-7,11,13-16,20H2,1-4H3,(H2,34,35,38)/t21-/m0/s1. The zero-order chi connectivity index (χ0) is 29.4. The highest BCUT2D eigenvalue weighted by Crippen LogP contribution is 2.38. The number of fused-ring (bicyclic) bond motifs is 1. The Bertz CT molecular complexity index is 1330. The summed E-state index contributed by atoms with van der Waals surface area (Å²) in [6.07, 6.45) is 5.56. The van der Waals surface area contributed by atoms with Crippen molar-refractivity contribution in [1.29, 1.82) is 0 Å². The molecule has 0 unspecified atom stereocenters. The fourth-order valence-corrected chi connectivity index (χ4v) is 5.06. The molecule has 0 saturated carbocycles. The number of rotatable bonds is 12. The Balaban J connectivity index is 1.39. The van der Waals surface area contributed by atoms with Crippen molar-refractivity contribution in [2.24, 2.45) is 5.41 Å². The minimum Gasteiger partial charge on any atom is -0.493 e. The van der Waals surface area contributed by atoms with E-state index in [4.69, 9.17) is 25.8 Å². The van der Waals surface area contributed by atoms with E-state index in [1.165, 1.54) is 0 Å². The highest BCUT2D eigenvalue weighted by Gasteiger charge is 2.23. The van der Waals surface area contributed by atoms with E-state index in [1.54, 1.807) is 37.6 Å². The quantitative estimate of drug-likeness (QED) is 0.209. The van der Waals surface area contributed by atoms with Crippen LogP contribution in [0.2, 0.25) is 5.02 Å². The first-order valence-corrected chi connectivity index (χ1v) is 14.5. The summed E-state index contributed by atoms with van der Waals surface area (Å²) in [5.41, 5.74) is 1.33. The highest BCUT2D eigenvalue weighted by molar-refractivity contribution is 6.33. The summed E-state index contributed by atoms with van der Waals surface area (Å²) in [7, 11) is 1.60. The van der Waals surface area contributed by atoms with Gasteiger partial charge in [0.05, 0.1) is 36.6 Å². The maximum Gasteiger partial charge on any atom is 0.319 e. The van der Waals surface area contributed by atoms with Gasteiger partial charge in [-0.05, 0) is 61.9 Å². The number of anilines is 1. The van der Waals surface area contributed by atoms with Gasteiger partial charge in [-0.2, -0.15) is 0 Å². The number of carbonyl (C=O) groups excluding carboxylic acids is 1. The lowest BCUT2D eigenvalue weighted by Crippen LogP contribution is -2.33. The van der Waals surface area contributed by atoms with E-state index in [1.807, 2.05) is 12.1 Å². The number of amides is 2. The van der Waals surface area contributed by atoms with Gasteiger partial charge in [-0.1, -0.05) is 32.4 Å². The second kappa shape index (κ2) is 14.1. The van der Waals surface area contributed by atoms with Crippen LogP contribution >= 0.6 is 11.6 Å². The van der Waals surface area contributed by atoms with Crippen molar-refractivity contribution in [2.75, 3.05) is 45.3 Å². The number of nitrogens with one attached hydrogen (secondary N) is 2. The molecule has 1 atom stereocenters. The van der Waals surface area contributed by atoms with Crippen molar-refractivity contribution in [3.63, 3.8) is 0 Å². The van der Waals surface area contributed by atoms with Gasteiger partial charge in [0, 0.05) is 42.8 Å². The van der Waals surface area contributed by atoms with Gasteiger partial charge in [0.15, 0.2) is 11.5 Å². The van der Waals surface area contributed by atoms with Gasteiger partial charge in [0.2, 0.25) is 0 Å². The zero-order valence-electron chi connectivity index (χ0n) is 24.3. The summed E-state index contributed by atoms with van der Waals surface area (Å²) in [4.78, 5) is 19.1. The molecular formula is C31H41ClN4O5. The molecule has 2 aromatic carbocycles. The van der Waals surface area contributed by atoms with Gasteiger partial charge in [0.1, 0.15) is 11.5 Å². The summed E-state index contributed by atoms with van der Waals surface area (Å²) in [6, 6.07) is 10.6. The van der Waals surface area contributed by atoms with E-state index in [0.29, 0.717) is 52.4 Å². The molecule has 1 aliphatic rings. The molecule has 3 N–H and O–H groups in total. The molecule has 222 valence electrons. The number of aliphatic hydroxyl groups excluding tert-OH is 1. The third-order valence-corrected chi connectivity index (χ3v) is 7.43. The predicted molar refractivity (Wildman–Crippen MR) is 163 cm³/mol. The molecule has 1 fully saturated rings. The number of aliphatic hydroxyl groups is 1. The summed E-state index contributed by atoms with van der Waals surface area (Å²) in [5, 5.41) is 16.3. The van der Waals surface area contributed by atoms with Crippen molar-refractivity contribution in [3.8, 4) is 23.0 Å². The topological polar surface area (TPSA) is 105 Å². The first kappa shape index (κ1) is 30.7. The number of methoxy groups -OCH3 is 1. The molecule has 0 radical (unpaired) electrons. The van der Waals surface area contributed by atoms with E-state index >= 15 is 0 Å². The largest absolute Gasteiger partial charge is 0.493 e. The third-order valence-electron chi connectivity index (χ3n) is 7.12. The van der Waals surface area contributed by atoms with E-state index in [9.17, 15) is 9.90 Å². The molecule has 1 aliphatic heterocycles. The number of hydrogen-bond acceptors (Lipinski definition) is 7. The fraction of sp³-hybridized carbons (Fsp3) is 0.484. The Labute approximate surface area is 247 Å². The van der Waals surface area contributed by atoms with Gasteiger partial charge in [0.25, 0.3) is 0 Å². The van der Waals surface area contributed by atoms with Gasteiger partial charge in [-0.25, -0.2) is 4.79 Å². The molecule has 0 bridgehead atoms. The number of pyridine rings is 1. The SMILES string of the molecule is COc1cc2c(Oc3ccc(NC(=O)NCCC(C)(C)C)c(Cl)c3)ccnc2cc1OCCCN1CCC[C@H]1CO. The lowest BCUT2D eigenvalue weighted by Gasteiger charge is -2.22. The number of ether oxygens (including phenoxy) is 3. The number of likely N-dealkylation sites (tertiary alicyclic amines) is 1. The molecule has 4 rings (SSSR count). The van der Waals surface area contributed by atoms with Crippen molar-refractivity contribution in [3.05, 3.63) is 47.6 Å².